The van der Waals surface area contributed by atoms with Gasteiger partial charge in [-0.25, -0.2) is 0 Å². The van der Waals surface area contributed by atoms with Crippen LogP contribution in [0.3, 0.4) is 0 Å². The summed E-state index contributed by atoms with van der Waals surface area (Å²) in [6.07, 6.45) is 0.859. The smallest absolute Gasteiger partial charge is 0.161 e. The number of aromatic hydroxyl groups is 2. The first-order valence-electron chi connectivity index (χ1n) is 7.06. The van der Waals surface area contributed by atoms with Crippen LogP contribution in [0, 0.1) is 0 Å². The Labute approximate surface area is 130 Å². The minimum absolute atomic E-state index is 0.0622. The van der Waals surface area contributed by atoms with Gasteiger partial charge in [-0.3, -0.25) is 0 Å². The summed E-state index contributed by atoms with van der Waals surface area (Å²) in [4.78, 5) is 0. The average molecular weight is 303 g/mol. The quantitative estimate of drug-likeness (QED) is 0.685. The molecule has 5 nitrogen and oxygen atoms in total. The van der Waals surface area contributed by atoms with E-state index in [1.807, 2.05) is 12.1 Å². The number of hydrogen-bond acceptors (Lipinski definition) is 5. The molecule has 0 aliphatic carbocycles. The van der Waals surface area contributed by atoms with Gasteiger partial charge in [0, 0.05) is 18.2 Å². The van der Waals surface area contributed by atoms with E-state index < -0.39 is 0 Å². The maximum atomic E-state index is 9.74. The summed E-state index contributed by atoms with van der Waals surface area (Å²) in [5.74, 6) is 1.39. The van der Waals surface area contributed by atoms with E-state index in [0.29, 0.717) is 18.0 Å². The fraction of sp³-hybridized carbons (Fsp3) is 0.294. The SMILES string of the molecule is COc1cc(CNCCc2ccc(O)cc2)c(OC)cc1O. The first-order chi connectivity index (χ1) is 10.6. The van der Waals surface area contributed by atoms with Crippen molar-refractivity contribution >= 4 is 0 Å². The third-order valence-electron chi connectivity index (χ3n) is 3.42. The maximum absolute atomic E-state index is 9.74. The first kappa shape index (κ1) is 16.0. The van der Waals surface area contributed by atoms with Gasteiger partial charge in [-0.05, 0) is 36.7 Å². The minimum atomic E-state index is 0.0622. The predicted octanol–water partition coefficient (Wildman–Crippen LogP) is 2.45. The summed E-state index contributed by atoms with van der Waals surface area (Å²) >= 11 is 0. The van der Waals surface area contributed by atoms with Crippen molar-refractivity contribution in [1.29, 1.82) is 0 Å². The highest BCUT2D eigenvalue weighted by Crippen LogP contribution is 2.33. The van der Waals surface area contributed by atoms with Crippen LogP contribution in [0.4, 0.5) is 0 Å². The third kappa shape index (κ3) is 4.05. The van der Waals surface area contributed by atoms with Gasteiger partial charge in [-0.2, -0.15) is 0 Å². The minimum Gasteiger partial charge on any atom is -0.508 e. The van der Waals surface area contributed by atoms with E-state index in [1.165, 1.54) is 7.11 Å². The van der Waals surface area contributed by atoms with Gasteiger partial charge < -0.3 is 25.0 Å². The fourth-order valence-electron chi connectivity index (χ4n) is 2.20. The van der Waals surface area contributed by atoms with Crippen LogP contribution in [0.25, 0.3) is 0 Å². The second kappa shape index (κ2) is 7.56. The Morgan fingerprint density at radius 3 is 2.27 bits per heavy atom. The van der Waals surface area contributed by atoms with Gasteiger partial charge >= 0.3 is 0 Å². The number of ether oxygens (including phenoxy) is 2. The topological polar surface area (TPSA) is 71.0 Å². The number of benzene rings is 2. The van der Waals surface area contributed by atoms with Crippen LogP contribution in [0.2, 0.25) is 0 Å². The molecule has 0 atom stereocenters. The van der Waals surface area contributed by atoms with Crippen molar-refractivity contribution in [3.05, 3.63) is 47.5 Å². The summed E-state index contributed by atoms with van der Waals surface area (Å²) in [6.45, 7) is 1.40. The van der Waals surface area contributed by atoms with Crippen LogP contribution in [-0.4, -0.2) is 31.0 Å². The lowest BCUT2D eigenvalue weighted by molar-refractivity contribution is 0.363. The Kier molecular flexibility index (Phi) is 5.49. The van der Waals surface area contributed by atoms with Crippen molar-refractivity contribution in [2.45, 2.75) is 13.0 Å². The highest BCUT2D eigenvalue weighted by atomic mass is 16.5. The maximum Gasteiger partial charge on any atom is 0.161 e. The first-order valence-corrected chi connectivity index (χ1v) is 7.06. The van der Waals surface area contributed by atoms with Gasteiger partial charge in [0.2, 0.25) is 0 Å². The molecule has 2 aromatic carbocycles. The molecule has 0 bridgehead atoms. The average Bonchev–Trinajstić information content (AvgIpc) is 2.53. The molecule has 0 heterocycles. The number of methoxy groups -OCH3 is 2. The Hall–Kier alpha value is -2.40. The molecular formula is C17H21NO4. The zero-order valence-electron chi connectivity index (χ0n) is 12.8. The van der Waals surface area contributed by atoms with E-state index in [4.69, 9.17) is 9.47 Å². The van der Waals surface area contributed by atoms with Crippen molar-refractivity contribution in [2.24, 2.45) is 0 Å². The van der Waals surface area contributed by atoms with Crippen LogP contribution in [0.5, 0.6) is 23.0 Å². The molecule has 3 N–H and O–H groups in total. The zero-order valence-corrected chi connectivity index (χ0v) is 12.8. The third-order valence-corrected chi connectivity index (χ3v) is 3.42. The number of hydrogen-bond donors (Lipinski definition) is 3. The van der Waals surface area contributed by atoms with E-state index in [-0.39, 0.29) is 11.5 Å². The largest absolute Gasteiger partial charge is 0.508 e. The van der Waals surface area contributed by atoms with E-state index >= 15 is 0 Å². The normalized spacial score (nSPS) is 10.5. The monoisotopic (exact) mass is 303 g/mol. The summed E-state index contributed by atoms with van der Waals surface area (Å²) < 4.78 is 10.4. The molecule has 22 heavy (non-hydrogen) atoms. The van der Waals surface area contributed by atoms with Gasteiger partial charge in [0.05, 0.1) is 14.2 Å². The predicted molar refractivity (Wildman–Crippen MR) is 84.7 cm³/mol. The van der Waals surface area contributed by atoms with Crippen LogP contribution < -0.4 is 14.8 Å². The molecule has 0 amide bonds. The van der Waals surface area contributed by atoms with Gasteiger partial charge in [-0.1, -0.05) is 12.1 Å². The van der Waals surface area contributed by atoms with Gasteiger partial charge in [0.15, 0.2) is 11.5 Å². The van der Waals surface area contributed by atoms with Crippen LogP contribution in [-0.2, 0) is 13.0 Å². The molecule has 0 aliphatic heterocycles. The lowest BCUT2D eigenvalue weighted by Crippen LogP contribution is -2.17. The molecule has 0 saturated carbocycles. The van der Waals surface area contributed by atoms with Crippen molar-refractivity contribution in [3.8, 4) is 23.0 Å². The summed E-state index contributed by atoms with van der Waals surface area (Å²) in [5.41, 5.74) is 2.07. The van der Waals surface area contributed by atoms with Crippen LogP contribution in [0.15, 0.2) is 36.4 Å². The van der Waals surface area contributed by atoms with Crippen molar-refractivity contribution in [3.63, 3.8) is 0 Å². The molecule has 0 aliphatic rings. The van der Waals surface area contributed by atoms with E-state index in [0.717, 1.165) is 24.1 Å². The molecular weight excluding hydrogens is 282 g/mol. The van der Waals surface area contributed by atoms with Crippen molar-refractivity contribution < 1.29 is 19.7 Å². The van der Waals surface area contributed by atoms with Crippen LogP contribution in [0.1, 0.15) is 11.1 Å². The summed E-state index contributed by atoms with van der Waals surface area (Å²) in [7, 11) is 3.09. The number of phenolic OH excluding ortho intramolecular Hbond substituents is 2. The zero-order chi connectivity index (χ0) is 15.9. The van der Waals surface area contributed by atoms with Crippen molar-refractivity contribution in [1.82, 2.24) is 5.32 Å². The van der Waals surface area contributed by atoms with Gasteiger partial charge in [0.1, 0.15) is 11.5 Å². The highest BCUT2D eigenvalue weighted by Gasteiger charge is 2.10. The molecule has 0 spiro atoms. The Balaban J connectivity index is 1.92. The highest BCUT2D eigenvalue weighted by molar-refractivity contribution is 5.49. The number of nitrogens with one attached hydrogen (secondary N) is 1. The molecule has 0 aromatic heterocycles. The van der Waals surface area contributed by atoms with E-state index in [2.05, 4.69) is 5.32 Å². The van der Waals surface area contributed by atoms with Gasteiger partial charge in [0.25, 0.3) is 0 Å². The lowest BCUT2D eigenvalue weighted by atomic mass is 10.1. The lowest BCUT2D eigenvalue weighted by Gasteiger charge is -2.13. The molecule has 5 heteroatoms. The van der Waals surface area contributed by atoms with Crippen LogP contribution >= 0.6 is 0 Å². The fourth-order valence-corrected chi connectivity index (χ4v) is 2.20. The van der Waals surface area contributed by atoms with E-state index in [9.17, 15) is 10.2 Å². The number of rotatable bonds is 7. The molecule has 2 aromatic rings. The molecule has 2 rings (SSSR count). The van der Waals surface area contributed by atoms with E-state index in [1.54, 1.807) is 31.4 Å². The summed E-state index contributed by atoms with van der Waals surface area (Å²) in [5, 5.41) is 22.3. The molecule has 0 saturated heterocycles. The standard InChI is InChI=1S/C17H21NO4/c1-21-16-10-15(20)17(22-2)9-13(16)11-18-8-7-12-3-5-14(19)6-4-12/h3-6,9-10,18-20H,7-8,11H2,1-2H3. The Bertz CT molecular complexity index is 611. The summed E-state index contributed by atoms with van der Waals surface area (Å²) in [6, 6.07) is 10.5. The van der Waals surface area contributed by atoms with Gasteiger partial charge in [-0.15, -0.1) is 0 Å². The Morgan fingerprint density at radius 1 is 0.955 bits per heavy atom. The molecule has 0 unspecified atom stereocenters. The molecule has 0 fully saturated rings. The molecule has 0 radical (unpaired) electrons. The second-order valence-electron chi connectivity index (χ2n) is 4.93. The molecule has 118 valence electrons. The Morgan fingerprint density at radius 2 is 1.64 bits per heavy atom. The number of phenols is 2. The van der Waals surface area contributed by atoms with Crippen molar-refractivity contribution in [2.75, 3.05) is 20.8 Å². The second-order valence-corrected chi connectivity index (χ2v) is 4.93.